The molecule has 0 saturated heterocycles. The second-order valence-corrected chi connectivity index (χ2v) is 4.51. The Morgan fingerprint density at radius 1 is 1.37 bits per heavy atom. The summed E-state index contributed by atoms with van der Waals surface area (Å²) >= 11 is 0. The Kier molecular flexibility index (Phi) is 4.74. The second kappa shape index (κ2) is 6.08. The molecule has 0 aromatic heterocycles. The first-order valence-electron chi connectivity index (χ1n) is 5.90. The minimum absolute atomic E-state index is 0.0816. The van der Waals surface area contributed by atoms with Gasteiger partial charge in [0.2, 0.25) is 0 Å². The van der Waals surface area contributed by atoms with E-state index in [1.54, 1.807) is 18.0 Å². The molecule has 0 unspecified atom stereocenters. The van der Waals surface area contributed by atoms with Crippen LogP contribution in [0.2, 0.25) is 0 Å². The Morgan fingerprint density at radius 3 is 2.53 bits per heavy atom. The number of likely N-dealkylation sites (N-methyl/N-ethyl adjacent to an activating group) is 1. The van der Waals surface area contributed by atoms with Gasteiger partial charge in [-0.2, -0.15) is 0 Å². The lowest BCUT2D eigenvalue weighted by atomic mass is 10.1. The monoisotopic (exact) mass is 265 g/mol. The molecule has 4 N–H and O–H groups in total. The zero-order valence-electron chi connectivity index (χ0n) is 11.3. The lowest BCUT2D eigenvalue weighted by Gasteiger charge is -2.21. The minimum atomic E-state index is -0.646. The molecule has 6 nitrogen and oxygen atoms in total. The van der Waals surface area contributed by atoms with Crippen LogP contribution in [0.25, 0.3) is 0 Å². The number of amides is 2. The molecule has 0 radical (unpaired) electrons. The topological polar surface area (TPSA) is 98.7 Å². The summed E-state index contributed by atoms with van der Waals surface area (Å²) in [6, 6.07) is 4.61. The van der Waals surface area contributed by atoms with Crippen molar-refractivity contribution < 1.29 is 14.3 Å². The summed E-state index contributed by atoms with van der Waals surface area (Å²) in [6.07, 6.45) is 0. The van der Waals surface area contributed by atoms with Crippen molar-refractivity contribution in [3.63, 3.8) is 0 Å². The van der Waals surface area contributed by atoms with Gasteiger partial charge in [0.15, 0.2) is 6.61 Å². The molecule has 6 heteroatoms. The number of rotatable bonds is 5. The van der Waals surface area contributed by atoms with Gasteiger partial charge in [0.25, 0.3) is 11.8 Å². The highest BCUT2D eigenvalue weighted by molar-refractivity contribution is 5.96. The minimum Gasteiger partial charge on any atom is -0.483 e. The Bertz CT molecular complexity index is 486. The van der Waals surface area contributed by atoms with Gasteiger partial charge < -0.3 is 21.1 Å². The van der Waals surface area contributed by atoms with E-state index in [4.69, 9.17) is 16.2 Å². The van der Waals surface area contributed by atoms with Crippen LogP contribution in [0, 0.1) is 0 Å². The van der Waals surface area contributed by atoms with Crippen LogP contribution in [-0.2, 0) is 4.79 Å². The van der Waals surface area contributed by atoms with Crippen LogP contribution in [0.5, 0.6) is 5.75 Å². The van der Waals surface area contributed by atoms with E-state index in [-0.39, 0.29) is 29.9 Å². The molecule has 2 amide bonds. The van der Waals surface area contributed by atoms with Crippen molar-refractivity contribution in [2.75, 3.05) is 19.4 Å². The third-order valence-electron chi connectivity index (χ3n) is 2.79. The Labute approximate surface area is 112 Å². The fraction of sp³-hybridized carbons (Fsp3) is 0.385. The zero-order valence-corrected chi connectivity index (χ0v) is 11.3. The fourth-order valence-corrected chi connectivity index (χ4v) is 1.40. The van der Waals surface area contributed by atoms with Gasteiger partial charge in [-0.25, -0.2) is 0 Å². The van der Waals surface area contributed by atoms with Crippen molar-refractivity contribution in [2.24, 2.45) is 5.73 Å². The van der Waals surface area contributed by atoms with Crippen LogP contribution in [-0.4, -0.2) is 36.4 Å². The van der Waals surface area contributed by atoms with Crippen molar-refractivity contribution >= 4 is 17.5 Å². The Hall–Kier alpha value is -2.24. The molecule has 0 aliphatic heterocycles. The summed E-state index contributed by atoms with van der Waals surface area (Å²) in [5, 5.41) is 0. The molecule has 104 valence electrons. The number of ether oxygens (including phenoxy) is 1. The average molecular weight is 265 g/mol. The maximum Gasteiger partial charge on any atom is 0.260 e. The molecule has 0 atom stereocenters. The highest BCUT2D eigenvalue weighted by Crippen LogP contribution is 2.21. The number of carbonyl (C=O) groups is 2. The van der Waals surface area contributed by atoms with Gasteiger partial charge in [0, 0.05) is 18.8 Å². The Morgan fingerprint density at radius 2 is 2.00 bits per heavy atom. The number of anilines is 1. The normalized spacial score (nSPS) is 10.3. The second-order valence-electron chi connectivity index (χ2n) is 4.51. The lowest BCUT2D eigenvalue weighted by Crippen LogP contribution is -2.36. The number of hydrogen-bond acceptors (Lipinski definition) is 4. The van der Waals surface area contributed by atoms with E-state index in [9.17, 15) is 9.59 Å². The van der Waals surface area contributed by atoms with Crippen molar-refractivity contribution in [1.29, 1.82) is 0 Å². The molecule has 0 aliphatic rings. The highest BCUT2D eigenvalue weighted by Gasteiger charge is 2.15. The van der Waals surface area contributed by atoms with E-state index < -0.39 is 5.91 Å². The number of nitrogens with two attached hydrogens (primary N) is 2. The van der Waals surface area contributed by atoms with Crippen molar-refractivity contribution in [1.82, 2.24) is 4.90 Å². The van der Waals surface area contributed by atoms with Gasteiger partial charge in [0.1, 0.15) is 5.75 Å². The average Bonchev–Trinajstić information content (AvgIpc) is 2.35. The van der Waals surface area contributed by atoms with Crippen LogP contribution in [0.15, 0.2) is 18.2 Å². The molecule has 0 aliphatic carbocycles. The van der Waals surface area contributed by atoms with E-state index in [1.165, 1.54) is 12.1 Å². The third kappa shape index (κ3) is 3.87. The van der Waals surface area contributed by atoms with Crippen LogP contribution in [0.3, 0.4) is 0 Å². The molecule has 0 bridgehead atoms. The predicted molar refractivity (Wildman–Crippen MR) is 72.8 cm³/mol. The molecule has 0 heterocycles. The van der Waals surface area contributed by atoms with Gasteiger partial charge in [-0.15, -0.1) is 0 Å². The van der Waals surface area contributed by atoms with Gasteiger partial charge >= 0.3 is 0 Å². The molecule has 0 spiro atoms. The van der Waals surface area contributed by atoms with Gasteiger partial charge in [-0.1, -0.05) is 0 Å². The number of nitrogen functional groups attached to an aromatic ring is 1. The summed E-state index contributed by atoms with van der Waals surface area (Å²) in [4.78, 5) is 24.6. The first kappa shape index (κ1) is 14.8. The first-order chi connectivity index (χ1) is 8.82. The predicted octanol–water partition coefficient (Wildman–Crippen LogP) is 0.613. The quantitative estimate of drug-likeness (QED) is 0.762. The molecule has 0 saturated carbocycles. The van der Waals surface area contributed by atoms with Crippen molar-refractivity contribution in [3.8, 4) is 5.75 Å². The molecule has 1 aromatic rings. The summed E-state index contributed by atoms with van der Waals surface area (Å²) in [6.45, 7) is 3.64. The first-order valence-corrected chi connectivity index (χ1v) is 5.90. The van der Waals surface area contributed by atoms with Crippen LogP contribution >= 0.6 is 0 Å². The standard InChI is InChI=1S/C13H19N3O3/c1-8(2)16(3)12(17)7-19-11-5-4-9(14)6-10(11)13(15)18/h4-6,8H,7,14H2,1-3H3,(H2,15,18). The van der Waals surface area contributed by atoms with Crippen LogP contribution < -0.4 is 16.2 Å². The largest absolute Gasteiger partial charge is 0.483 e. The molecule has 19 heavy (non-hydrogen) atoms. The molecule has 1 aromatic carbocycles. The summed E-state index contributed by atoms with van der Waals surface area (Å²) < 4.78 is 5.34. The summed E-state index contributed by atoms with van der Waals surface area (Å²) in [5.74, 6) is -0.568. The Balaban J connectivity index is 2.78. The van der Waals surface area contributed by atoms with Gasteiger partial charge in [0.05, 0.1) is 5.56 Å². The van der Waals surface area contributed by atoms with E-state index >= 15 is 0 Å². The van der Waals surface area contributed by atoms with E-state index in [0.717, 1.165) is 0 Å². The van der Waals surface area contributed by atoms with E-state index in [0.29, 0.717) is 5.69 Å². The summed E-state index contributed by atoms with van der Waals surface area (Å²) in [7, 11) is 1.69. The maximum absolute atomic E-state index is 11.8. The lowest BCUT2D eigenvalue weighted by molar-refractivity contribution is -0.133. The third-order valence-corrected chi connectivity index (χ3v) is 2.79. The fourth-order valence-electron chi connectivity index (χ4n) is 1.40. The van der Waals surface area contributed by atoms with E-state index in [2.05, 4.69) is 0 Å². The maximum atomic E-state index is 11.8. The molecule has 1 rings (SSSR count). The zero-order chi connectivity index (χ0) is 14.6. The van der Waals surface area contributed by atoms with E-state index in [1.807, 2.05) is 13.8 Å². The number of carbonyl (C=O) groups excluding carboxylic acids is 2. The van der Waals surface area contributed by atoms with Gasteiger partial charge in [-0.3, -0.25) is 9.59 Å². The van der Waals surface area contributed by atoms with Gasteiger partial charge in [-0.05, 0) is 32.0 Å². The number of nitrogens with zero attached hydrogens (tertiary/aromatic N) is 1. The highest BCUT2D eigenvalue weighted by atomic mass is 16.5. The molecule has 0 fully saturated rings. The molecular weight excluding hydrogens is 246 g/mol. The van der Waals surface area contributed by atoms with Crippen LogP contribution in [0.4, 0.5) is 5.69 Å². The number of hydrogen-bond donors (Lipinski definition) is 2. The number of primary amides is 1. The number of benzene rings is 1. The van der Waals surface area contributed by atoms with Crippen LogP contribution in [0.1, 0.15) is 24.2 Å². The molecular formula is C13H19N3O3. The SMILES string of the molecule is CC(C)N(C)C(=O)COc1ccc(N)cc1C(N)=O. The van der Waals surface area contributed by atoms with Crippen molar-refractivity contribution in [3.05, 3.63) is 23.8 Å². The summed E-state index contributed by atoms with van der Waals surface area (Å²) in [5.41, 5.74) is 11.4. The smallest absolute Gasteiger partial charge is 0.260 e. The van der Waals surface area contributed by atoms with Crippen molar-refractivity contribution in [2.45, 2.75) is 19.9 Å².